The maximum atomic E-state index is 12.8. The van der Waals surface area contributed by atoms with Gasteiger partial charge in [0.1, 0.15) is 0 Å². The van der Waals surface area contributed by atoms with Gasteiger partial charge in [-0.2, -0.15) is 17.5 Å². The highest BCUT2D eigenvalue weighted by atomic mass is 32.2. The Kier molecular flexibility index (Phi) is 5.99. The number of hydrogen-bond donors (Lipinski definition) is 1. The van der Waals surface area contributed by atoms with Crippen LogP contribution in [0, 0.1) is 0 Å². The Balaban J connectivity index is 1.58. The third-order valence-corrected chi connectivity index (χ3v) is 8.28. The van der Waals surface area contributed by atoms with Crippen molar-refractivity contribution in [3.05, 3.63) is 48.0 Å². The van der Waals surface area contributed by atoms with Gasteiger partial charge in [-0.15, -0.1) is 0 Å². The molecule has 0 spiro atoms. The highest BCUT2D eigenvalue weighted by molar-refractivity contribution is 8.00. The molecule has 1 N–H and O–H groups in total. The SMILES string of the molecule is O=C(Nc1nc2ccc(S(=O)(=O)N3CCCC3)cc2s1)c1ccccc1SC(F)(F)F. The number of fused-ring (bicyclic) bond motifs is 1. The molecule has 12 heteroatoms. The van der Waals surface area contributed by atoms with E-state index in [0.717, 1.165) is 24.2 Å². The van der Waals surface area contributed by atoms with Crippen molar-refractivity contribution in [2.75, 3.05) is 18.4 Å². The van der Waals surface area contributed by atoms with E-state index < -0.39 is 21.4 Å². The standard InChI is InChI=1S/C19H16F3N3O3S3/c20-19(21,22)30-15-6-2-1-5-13(15)17(26)24-18-23-14-8-7-12(11-16(14)29-18)31(27,28)25-9-3-4-10-25/h1-2,5-8,11H,3-4,9-10H2,(H,23,24,26). The van der Waals surface area contributed by atoms with E-state index >= 15 is 0 Å². The highest BCUT2D eigenvalue weighted by Crippen LogP contribution is 2.39. The normalized spacial score (nSPS) is 15.5. The minimum Gasteiger partial charge on any atom is -0.298 e. The number of thioether (sulfide) groups is 1. The molecule has 1 fully saturated rings. The number of aromatic nitrogens is 1. The van der Waals surface area contributed by atoms with Crippen LogP contribution < -0.4 is 5.32 Å². The van der Waals surface area contributed by atoms with Gasteiger partial charge in [0.15, 0.2) is 5.13 Å². The van der Waals surface area contributed by atoms with Gasteiger partial charge in [0, 0.05) is 18.0 Å². The summed E-state index contributed by atoms with van der Waals surface area (Å²) in [5.74, 6) is -0.726. The number of thiazole rings is 1. The molecule has 0 aliphatic carbocycles. The Hall–Kier alpha value is -2.15. The third-order valence-electron chi connectivity index (χ3n) is 4.64. The van der Waals surface area contributed by atoms with Crippen LogP contribution in [0.15, 0.2) is 52.3 Å². The van der Waals surface area contributed by atoms with Crippen molar-refractivity contribution < 1.29 is 26.4 Å². The van der Waals surface area contributed by atoms with Crippen LogP contribution >= 0.6 is 23.1 Å². The summed E-state index contributed by atoms with van der Waals surface area (Å²) in [5.41, 5.74) is -4.16. The van der Waals surface area contributed by atoms with E-state index in [1.54, 1.807) is 6.07 Å². The molecule has 164 valence electrons. The Morgan fingerprint density at radius 1 is 1.13 bits per heavy atom. The first kappa shape index (κ1) is 22.1. The maximum Gasteiger partial charge on any atom is 0.446 e. The predicted octanol–water partition coefficient (Wildman–Crippen LogP) is 4.95. The Morgan fingerprint density at radius 3 is 2.55 bits per heavy atom. The number of halogens is 3. The van der Waals surface area contributed by atoms with Crippen LogP contribution in [0.25, 0.3) is 10.2 Å². The molecular weight excluding hydrogens is 471 g/mol. The number of carbonyl (C=O) groups excluding carboxylic acids is 1. The lowest BCUT2D eigenvalue weighted by atomic mass is 10.2. The van der Waals surface area contributed by atoms with Crippen molar-refractivity contribution in [2.24, 2.45) is 0 Å². The van der Waals surface area contributed by atoms with Crippen molar-refractivity contribution in [3.63, 3.8) is 0 Å². The van der Waals surface area contributed by atoms with Gasteiger partial charge in [0.2, 0.25) is 10.0 Å². The number of carbonyl (C=O) groups is 1. The second-order valence-electron chi connectivity index (χ2n) is 6.76. The first-order valence-electron chi connectivity index (χ1n) is 9.20. The molecule has 1 aliphatic heterocycles. The van der Waals surface area contributed by atoms with Crippen LogP contribution in [0.1, 0.15) is 23.2 Å². The van der Waals surface area contributed by atoms with Gasteiger partial charge in [-0.3, -0.25) is 10.1 Å². The first-order chi connectivity index (χ1) is 14.6. The van der Waals surface area contributed by atoms with Gasteiger partial charge in [-0.05, 0) is 54.9 Å². The fourth-order valence-corrected chi connectivity index (χ4v) is 6.41. The molecule has 1 amide bonds. The summed E-state index contributed by atoms with van der Waals surface area (Å²) >= 11 is 0.696. The van der Waals surface area contributed by atoms with Crippen LogP contribution in [0.2, 0.25) is 0 Å². The zero-order chi connectivity index (χ0) is 22.2. The molecule has 2 aromatic carbocycles. The van der Waals surface area contributed by atoms with Gasteiger partial charge < -0.3 is 0 Å². The number of rotatable bonds is 5. The average molecular weight is 488 g/mol. The number of sulfonamides is 1. The Labute approximate surface area is 184 Å². The summed E-state index contributed by atoms with van der Waals surface area (Å²) < 4.78 is 65.8. The number of nitrogens with zero attached hydrogens (tertiary/aromatic N) is 2. The minimum atomic E-state index is -4.52. The van der Waals surface area contributed by atoms with Crippen molar-refractivity contribution >= 4 is 54.4 Å². The molecule has 4 rings (SSSR count). The van der Waals surface area contributed by atoms with Crippen LogP contribution in [-0.4, -0.2) is 42.2 Å². The van der Waals surface area contributed by atoms with E-state index in [0.29, 0.717) is 23.3 Å². The van der Waals surface area contributed by atoms with Crippen LogP contribution in [0.3, 0.4) is 0 Å². The second kappa shape index (κ2) is 8.41. The number of anilines is 1. The number of hydrogen-bond acceptors (Lipinski definition) is 6. The molecule has 6 nitrogen and oxygen atoms in total. The van der Waals surface area contributed by atoms with E-state index in [1.165, 1.54) is 40.7 Å². The van der Waals surface area contributed by atoms with Gasteiger partial charge in [-0.25, -0.2) is 13.4 Å². The van der Waals surface area contributed by atoms with Crippen molar-refractivity contribution in [1.29, 1.82) is 0 Å². The molecule has 1 aliphatic rings. The molecular formula is C19H16F3N3O3S3. The minimum absolute atomic E-state index is 0.124. The molecule has 3 aromatic rings. The summed E-state index contributed by atoms with van der Waals surface area (Å²) in [6, 6.07) is 9.95. The number of nitrogens with one attached hydrogen (secondary N) is 1. The first-order valence-corrected chi connectivity index (χ1v) is 12.3. The summed E-state index contributed by atoms with van der Waals surface area (Å²) in [6.45, 7) is 0.972. The number of benzene rings is 2. The van der Waals surface area contributed by atoms with Gasteiger partial charge in [0.25, 0.3) is 5.91 Å². The zero-order valence-corrected chi connectivity index (χ0v) is 18.3. The smallest absolute Gasteiger partial charge is 0.298 e. The zero-order valence-electron chi connectivity index (χ0n) is 15.8. The van der Waals surface area contributed by atoms with E-state index in [4.69, 9.17) is 0 Å². The van der Waals surface area contributed by atoms with E-state index in [-0.39, 0.29) is 32.2 Å². The number of alkyl halides is 3. The molecule has 0 radical (unpaired) electrons. The second-order valence-corrected chi connectivity index (χ2v) is 10.8. The van der Waals surface area contributed by atoms with Crippen LogP contribution in [-0.2, 0) is 10.0 Å². The lowest BCUT2D eigenvalue weighted by molar-refractivity contribution is -0.0328. The fourth-order valence-electron chi connectivity index (χ4n) is 3.23. The lowest BCUT2D eigenvalue weighted by Crippen LogP contribution is -2.27. The Bertz CT molecular complexity index is 1240. The molecule has 1 aromatic heterocycles. The largest absolute Gasteiger partial charge is 0.446 e. The summed E-state index contributed by atoms with van der Waals surface area (Å²) in [5, 5.41) is 2.68. The lowest BCUT2D eigenvalue weighted by Gasteiger charge is -2.15. The third kappa shape index (κ3) is 4.86. The van der Waals surface area contributed by atoms with Crippen LogP contribution in [0.5, 0.6) is 0 Å². The molecule has 0 bridgehead atoms. The molecule has 0 saturated carbocycles. The molecule has 0 unspecified atom stereocenters. The van der Waals surface area contributed by atoms with E-state index in [9.17, 15) is 26.4 Å². The molecule has 31 heavy (non-hydrogen) atoms. The van der Waals surface area contributed by atoms with Crippen molar-refractivity contribution in [3.8, 4) is 0 Å². The van der Waals surface area contributed by atoms with Gasteiger partial charge in [-0.1, -0.05) is 23.5 Å². The predicted molar refractivity (Wildman–Crippen MR) is 114 cm³/mol. The van der Waals surface area contributed by atoms with E-state index in [2.05, 4.69) is 10.3 Å². The van der Waals surface area contributed by atoms with Gasteiger partial charge >= 0.3 is 5.51 Å². The number of amides is 1. The van der Waals surface area contributed by atoms with E-state index in [1.807, 2.05) is 0 Å². The van der Waals surface area contributed by atoms with Gasteiger partial charge in [0.05, 0.1) is 20.7 Å². The van der Waals surface area contributed by atoms with Crippen molar-refractivity contribution in [2.45, 2.75) is 28.1 Å². The quantitative estimate of drug-likeness (QED) is 0.516. The van der Waals surface area contributed by atoms with Crippen LogP contribution in [0.4, 0.5) is 18.3 Å². The summed E-state index contributed by atoms with van der Waals surface area (Å²) in [7, 11) is -3.59. The maximum absolute atomic E-state index is 12.8. The summed E-state index contributed by atoms with van der Waals surface area (Å²) in [4.78, 5) is 16.8. The summed E-state index contributed by atoms with van der Waals surface area (Å²) in [6.07, 6.45) is 1.65. The Morgan fingerprint density at radius 2 is 1.84 bits per heavy atom. The molecule has 1 saturated heterocycles. The van der Waals surface area contributed by atoms with Crippen molar-refractivity contribution in [1.82, 2.24) is 9.29 Å². The topological polar surface area (TPSA) is 79.4 Å². The monoisotopic (exact) mass is 487 g/mol. The average Bonchev–Trinajstić information content (AvgIpc) is 3.36. The molecule has 2 heterocycles. The highest BCUT2D eigenvalue weighted by Gasteiger charge is 2.31. The molecule has 0 atom stereocenters. The fraction of sp³-hybridized carbons (Fsp3) is 0.263.